The summed E-state index contributed by atoms with van der Waals surface area (Å²) in [5.74, 6) is -2.26. The Morgan fingerprint density at radius 2 is 1.74 bits per heavy atom. The van der Waals surface area contributed by atoms with Crippen molar-refractivity contribution in [3.8, 4) is 0 Å². The van der Waals surface area contributed by atoms with E-state index in [0.717, 1.165) is 12.1 Å². The maximum absolute atomic E-state index is 14.2. The SMILES string of the molecule is Cc1ccc(F)cc1S(=O)(=O)Nc1cc(NC(=O)c2c(F)cccc2Cl)ccc1CNC(C)(C)C. The number of rotatable bonds is 7. The van der Waals surface area contributed by atoms with Gasteiger partial charge in [0.25, 0.3) is 15.9 Å². The van der Waals surface area contributed by atoms with Gasteiger partial charge in [-0.3, -0.25) is 9.52 Å². The summed E-state index contributed by atoms with van der Waals surface area (Å²) in [5.41, 5.74) is 0.742. The highest BCUT2D eigenvalue weighted by molar-refractivity contribution is 7.92. The van der Waals surface area contributed by atoms with Gasteiger partial charge in [0.05, 0.1) is 21.2 Å². The van der Waals surface area contributed by atoms with E-state index in [9.17, 15) is 22.0 Å². The lowest BCUT2D eigenvalue weighted by molar-refractivity contribution is 0.102. The van der Waals surface area contributed by atoms with Gasteiger partial charge in [-0.2, -0.15) is 0 Å². The van der Waals surface area contributed by atoms with Crippen molar-refractivity contribution in [1.82, 2.24) is 5.32 Å². The van der Waals surface area contributed by atoms with E-state index >= 15 is 0 Å². The summed E-state index contributed by atoms with van der Waals surface area (Å²) in [4.78, 5) is 12.5. The molecule has 0 aliphatic rings. The van der Waals surface area contributed by atoms with E-state index in [1.54, 1.807) is 19.1 Å². The quantitative estimate of drug-likeness (QED) is 0.363. The van der Waals surface area contributed by atoms with E-state index in [0.29, 0.717) is 17.7 Å². The van der Waals surface area contributed by atoms with Gasteiger partial charge in [-0.05, 0) is 75.2 Å². The Hall–Kier alpha value is -3.01. The number of nitrogens with one attached hydrogen (secondary N) is 3. The van der Waals surface area contributed by atoms with Gasteiger partial charge in [-0.1, -0.05) is 29.8 Å². The molecule has 0 aliphatic heterocycles. The van der Waals surface area contributed by atoms with Crippen molar-refractivity contribution in [2.75, 3.05) is 10.0 Å². The molecule has 0 saturated carbocycles. The lowest BCUT2D eigenvalue weighted by Crippen LogP contribution is -2.35. The molecule has 0 aromatic heterocycles. The van der Waals surface area contributed by atoms with E-state index < -0.39 is 27.6 Å². The number of sulfonamides is 1. The zero-order valence-electron chi connectivity index (χ0n) is 19.7. The minimum absolute atomic E-state index is 0.0593. The third-order valence-electron chi connectivity index (χ3n) is 5.05. The first-order chi connectivity index (χ1) is 16.3. The van der Waals surface area contributed by atoms with Crippen LogP contribution in [-0.2, 0) is 16.6 Å². The van der Waals surface area contributed by atoms with Gasteiger partial charge >= 0.3 is 0 Å². The topological polar surface area (TPSA) is 87.3 Å². The van der Waals surface area contributed by atoms with E-state index in [-0.39, 0.29) is 32.4 Å². The molecule has 1 amide bonds. The molecule has 6 nitrogen and oxygen atoms in total. The molecule has 0 fully saturated rings. The Morgan fingerprint density at radius 1 is 1.03 bits per heavy atom. The van der Waals surface area contributed by atoms with E-state index in [1.807, 2.05) is 20.8 Å². The van der Waals surface area contributed by atoms with E-state index in [4.69, 9.17) is 11.6 Å². The van der Waals surface area contributed by atoms with Gasteiger partial charge in [0.15, 0.2) is 0 Å². The van der Waals surface area contributed by atoms with Crippen molar-refractivity contribution in [3.05, 3.63) is 87.9 Å². The van der Waals surface area contributed by atoms with E-state index in [1.165, 1.54) is 30.3 Å². The summed E-state index contributed by atoms with van der Waals surface area (Å²) >= 11 is 5.98. The van der Waals surface area contributed by atoms with Crippen LogP contribution in [0.2, 0.25) is 5.02 Å². The van der Waals surface area contributed by atoms with Crippen molar-refractivity contribution in [1.29, 1.82) is 0 Å². The van der Waals surface area contributed by atoms with Crippen LogP contribution in [0.4, 0.5) is 20.2 Å². The average molecular weight is 522 g/mol. The number of benzene rings is 3. The van der Waals surface area contributed by atoms with Crippen LogP contribution in [0.5, 0.6) is 0 Å². The molecule has 3 N–H and O–H groups in total. The van der Waals surface area contributed by atoms with Crippen LogP contribution in [0.15, 0.2) is 59.5 Å². The van der Waals surface area contributed by atoms with Crippen molar-refractivity contribution in [3.63, 3.8) is 0 Å². The molecule has 3 aromatic carbocycles. The van der Waals surface area contributed by atoms with Crippen LogP contribution < -0.4 is 15.4 Å². The first-order valence-corrected chi connectivity index (χ1v) is 12.6. The zero-order chi connectivity index (χ0) is 26.0. The van der Waals surface area contributed by atoms with Crippen molar-refractivity contribution in [2.24, 2.45) is 0 Å². The molecule has 10 heteroatoms. The predicted molar refractivity (Wildman–Crippen MR) is 134 cm³/mol. The van der Waals surface area contributed by atoms with Crippen LogP contribution >= 0.6 is 11.6 Å². The molecule has 0 spiro atoms. The second-order valence-electron chi connectivity index (χ2n) is 9.04. The summed E-state index contributed by atoms with van der Waals surface area (Å²) in [7, 11) is -4.17. The molecular formula is C25H26ClF2N3O3S. The molecule has 0 bridgehead atoms. The Bertz CT molecular complexity index is 1350. The largest absolute Gasteiger partial charge is 0.322 e. The molecular weight excluding hydrogens is 496 g/mol. The van der Waals surface area contributed by atoms with Gasteiger partial charge in [-0.25, -0.2) is 17.2 Å². The molecule has 0 unspecified atom stereocenters. The lowest BCUT2D eigenvalue weighted by Gasteiger charge is -2.22. The third kappa shape index (κ3) is 6.78. The molecule has 3 aromatic rings. The van der Waals surface area contributed by atoms with Gasteiger partial charge in [0, 0.05) is 17.8 Å². The fraction of sp³-hybridized carbons (Fsp3) is 0.240. The fourth-order valence-electron chi connectivity index (χ4n) is 3.24. The van der Waals surface area contributed by atoms with Crippen LogP contribution in [-0.4, -0.2) is 19.9 Å². The monoisotopic (exact) mass is 521 g/mol. The minimum atomic E-state index is -4.17. The summed E-state index contributed by atoms with van der Waals surface area (Å²) in [5, 5.41) is 5.76. The first-order valence-electron chi connectivity index (χ1n) is 10.7. The van der Waals surface area contributed by atoms with Gasteiger partial charge < -0.3 is 10.6 Å². The number of anilines is 2. The Labute approximate surface area is 208 Å². The number of aryl methyl sites for hydroxylation is 1. The number of hydrogen-bond donors (Lipinski definition) is 3. The van der Waals surface area contributed by atoms with Crippen molar-refractivity contribution < 1.29 is 22.0 Å². The fourth-order valence-corrected chi connectivity index (χ4v) is 4.83. The van der Waals surface area contributed by atoms with Crippen molar-refractivity contribution in [2.45, 2.75) is 44.7 Å². The molecule has 3 rings (SSSR count). The van der Waals surface area contributed by atoms with Gasteiger partial charge in [-0.15, -0.1) is 0 Å². The molecule has 186 valence electrons. The second kappa shape index (κ2) is 10.3. The Kier molecular flexibility index (Phi) is 7.83. The number of amides is 1. The number of halogens is 3. The number of hydrogen-bond acceptors (Lipinski definition) is 4. The first kappa shape index (κ1) is 26.6. The Morgan fingerprint density at radius 3 is 2.40 bits per heavy atom. The lowest BCUT2D eigenvalue weighted by atomic mass is 10.1. The molecule has 0 atom stereocenters. The Balaban J connectivity index is 1.99. The highest BCUT2D eigenvalue weighted by Crippen LogP contribution is 2.28. The van der Waals surface area contributed by atoms with Crippen LogP contribution in [0.3, 0.4) is 0 Å². The van der Waals surface area contributed by atoms with Gasteiger partial charge in [0.2, 0.25) is 0 Å². The number of carbonyl (C=O) groups excluding carboxylic acids is 1. The summed E-state index contributed by atoms with van der Waals surface area (Å²) < 4.78 is 56.7. The molecule has 0 aliphatic carbocycles. The maximum Gasteiger partial charge on any atom is 0.262 e. The zero-order valence-corrected chi connectivity index (χ0v) is 21.2. The van der Waals surface area contributed by atoms with Crippen LogP contribution in [0.25, 0.3) is 0 Å². The normalized spacial score (nSPS) is 11.9. The summed E-state index contributed by atoms with van der Waals surface area (Å²) in [6, 6.07) is 12.0. The molecule has 0 radical (unpaired) electrons. The second-order valence-corrected chi connectivity index (χ2v) is 11.1. The van der Waals surface area contributed by atoms with Crippen LogP contribution in [0, 0.1) is 18.6 Å². The summed E-state index contributed by atoms with van der Waals surface area (Å²) in [6.07, 6.45) is 0. The highest BCUT2D eigenvalue weighted by Gasteiger charge is 2.21. The molecule has 35 heavy (non-hydrogen) atoms. The minimum Gasteiger partial charge on any atom is -0.322 e. The van der Waals surface area contributed by atoms with E-state index in [2.05, 4.69) is 15.4 Å². The average Bonchev–Trinajstić information content (AvgIpc) is 2.74. The standard InChI is InChI=1S/C25H26ClF2N3O3S/c1-15-8-10-17(27)12-22(15)35(33,34)31-21-13-18(11-9-16(21)14-29-25(2,3)4)30-24(32)23-19(26)6-5-7-20(23)28/h5-13,29,31H,14H2,1-4H3,(H,30,32). The third-order valence-corrected chi connectivity index (χ3v) is 6.87. The smallest absolute Gasteiger partial charge is 0.262 e. The number of carbonyl (C=O) groups is 1. The van der Waals surface area contributed by atoms with Gasteiger partial charge in [0.1, 0.15) is 11.6 Å². The molecule has 0 heterocycles. The van der Waals surface area contributed by atoms with Crippen molar-refractivity contribution >= 4 is 38.9 Å². The van der Waals surface area contributed by atoms with Crippen LogP contribution in [0.1, 0.15) is 42.3 Å². The predicted octanol–water partition coefficient (Wildman–Crippen LogP) is 5.87. The maximum atomic E-state index is 14.2. The molecule has 0 saturated heterocycles. The highest BCUT2D eigenvalue weighted by atomic mass is 35.5. The summed E-state index contributed by atoms with van der Waals surface area (Å²) in [6.45, 7) is 7.74.